The molecule has 0 aliphatic rings. The van der Waals surface area contributed by atoms with E-state index in [-0.39, 0.29) is 14.1 Å². The first kappa shape index (κ1) is 29.1. The Hall–Kier alpha value is -0.185. The highest BCUT2D eigenvalue weighted by molar-refractivity contribution is 5.97. The molecule has 0 rings (SSSR count). The average Bonchev–Trinajstić information content (AvgIpc) is 1.37. The first-order valence-corrected chi connectivity index (χ1v) is 1.23. The Balaban J connectivity index is -0.0000000150. The molecule has 0 atom stereocenters. The molecule has 0 aromatic rings. The zero-order valence-corrected chi connectivity index (χ0v) is 3.92. The third-order valence-corrected chi connectivity index (χ3v) is 0.167. The normalized spacial score (nSPS) is 4.14. The monoisotopic (exact) mass is 116 g/mol. The molecular formula is C2H8BF3O. The zero-order chi connectivity index (χ0) is 3.41. The van der Waals surface area contributed by atoms with E-state index in [1.165, 1.54) is 0 Å². The summed E-state index contributed by atoms with van der Waals surface area (Å²) in [6.45, 7) is 2.43. The third-order valence-electron chi connectivity index (χ3n) is 0.167. The van der Waals surface area contributed by atoms with Crippen LogP contribution in [0.5, 0.6) is 0 Å². The molecule has 7 heavy (non-hydrogen) atoms. The van der Waals surface area contributed by atoms with Crippen LogP contribution in [-0.2, 0) is 4.65 Å². The second-order valence-electron chi connectivity index (χ2n) is 0.455. The maximum atomic E-state index is 4.53. The number of rotatable bonds is 1. The predicted molar refractivity (Wildman–Crippen MR) is 24.9 cm³/mol. The van der Waals surface area contributed by atoms with Gasteiger partial charge in [0.15, 0.2) is 0 Å². The maximum Gasteiger partial charge on any atom is 0.282 e. The van der Waals surface area contributed by atoms with Crippen molar-refractivity contribution in [1.29, 1.82) is 0 Å². The van der Waals surface area contributed by atoms with Gasteiger partial charge in [-0.25, -0.2) is 0 Å². The summed E-state index contributed by atoms with van der Waals surface area (Å²) in [6, 6.07) is 0. The SMILES string of the molecule is F.F.F.[B]OCC. The third kappa shape index (κ3) is 127. The van der Waals surface area contributed by atoms with Crippen LogP contribution in [0, 0.1) is 0 Å². The molecule has 0 spiro atoms. The van der Waals surface area contributed by atoms with E-state index in [0.29, 0.717) is 6.61 Å². The van der Waals surface area contributed by atoms with Crippen LogP contribution in [0.4, 0.5) is 14.1 Å². The lowest BCUT2D eigenvalue weighted by Gasteiger charge is -1.76. The average molecular weight is 116 g/mol. The molecule has 46 valence electrons. The predicted octanol–water partition coefficient (Wildman–Crippen LogP) is 0.564. The highest BCUT2D eigenvalue weighted by Gasteiger charge is 1.52. The van der Waals surface area contributed by atoms with Gasteiger partial charge in [-0.15, -0.1) is 0 Å². The largest absolute Gasteiger partial charge is 0.448 e. The van der Waals surface area contributed by atoms with E-state index in [1.54, 1.807) is 0 Å². The van der Waals surface area contributed by atoms with E-state index in [9.17, 15) is 0 Å². The van der Waals surface area contributed by atoms with E-state index in [4.69, 9.17) is 0 Å². The Kier molecular flexibility index (Phi) is 170. The van der Waals surface area contributed by atoms with Crippen LogP contribution in [0.25, 0.3) is 0 Å². The molecule has 0 amide bonds. The molecule has 0 aromatic heterocycles. The molecule has 0 aliphatic carbocycles. The van der Waals surface area contributed by atoms with Crippen LogP contribution in [0.1, 0.15) is 6.92 Å². The van der Waals surface area contributed by atoms with Gasteiger partial charge in [0.2, 0.25) is 0 Å². The zero-order valence-electron chi connectivity index (χ0n) is 3.92. The van der Waals surface area contributed by atoms with Crippen LogP contribution >= 0.6 is 0 Å². The molecule has 0 aromatic carbocycles. The molecule has 0 bridgehead atoms. The lowest BCUT2D eigenvalue weighted by Crippen LogP contribution is -1.76. The van der Waals surface area contributed by atoms with Gasteiger partial charge in [-0.2, -0.15) is 0 Å². The molecular weight excluding hydrogens is 108 g/mol. The van der Waals surface area contributed by atoms with E-state index < -0.39 is 0 Å². The maximum absolute atomic E-state index is 4.53. The van der Waals surface area contributed by atoms with Crippen molar-refractivity contribution in [2.45, 2.75) is 6.92 Å². The number of hydrogen-bond acceptors (Lipinski definition) is 1. The number of halogens is 3. The van der Waals surface area contributed by atoms with Gasteiger partial charge in [-0.05, 0) is 6.92 Å². The van der Waals surface area contributed by atoms with Crippen LogP contribution in [-0.4, -0.2) is 14.7 Å². The van der Waals surface area contributed by atoms with E-state index in [1.807, 2.05) is 6.92 Å². The minimum Gasteiger partial charge on any atom is -0.448 e. The molecule has 0 saturated carbocycles. The molecule has 2 radical (unpaired) electrons. The van der Waals surface area contributed by atoms with Crippen molar-refractivity contribution in [2.75, 3.05) is 6.61 Å². The van der Waals surface area contributed by atoms with Crippen molar-refractivity contribution in [3.8, 4) is 0 Å². The van der Waals surface area contributed by atoms with Crippen molar-refractivity contribution in [3.63, 3.8) is 0 Å². The standard InChI is InChI=1S/C2H5BO.3FH/c1-2-4-3;;;/h2H2,1H3;3*1H. The van der Waals surface area contributed by atoms with Gasteiger partial charge in [0.1, 0.15) is 0 Å². The Morgan fingerprint density at radius 2 is 1.43 bits per heavy atom. The first-order valence-electron chi connectivity index (χ1n) is 1.23. The summed E-state index contributed by atoms with van der Waals surface area (Å²) in [5.74, 6) is 0. The van der Waals surface area contributed by atoms with Crippen molar-refractivity contribution in [3.05, 3.63) is 0 Å². The van der Waals surface area contributed by atoms with Gasteiger partial charge in [-0.1, -0.05) is 0 Å². The topological polar surface area (TPSA) is 9.23 Å². The Bertz CT molecular complexity index is 14.9. The fourth-order valence-corrected chi connectivity index (χ4v) is 0. The minimum absolute atomic E-state index is 0. The van der Waals surface area contributed by atoms with Crippen molar-refractivity contribution in [2.24, 2.45) is 0 Å². The number of hydrogen-bond donors (Lipinski definition) is 0. The van der Waals surface area contributed by atoms with Gasteiger partial charge < -0.3 is 4.65 Å². The molecule has 0 fully saturated rings. The molecule has 0 N–H and O–H groups in total. The summed E-state index contributed by atoms with van der Waals surface area (Å²) >= 11 is 0. The Labute approximate surface area is 41.6 Å². The van der Waals surface area contributed by atoms with Gasteiger partial charge in [-0.3, -0.25) is 14.1 Å². The quantitative estimate of drug-likeness (QED) is 0.455. The van der Waals surface area contributed by atoms with Gasteiger partial charge in [0.05, 0.1) is 0 Å². The molecule has 0 heterocycles. The van der Waals surface area contributed by atoms with Crippen LogP contribution < -0.4 is 0 Å². The van der Waals surface area contributed by atoms with E-state index >= 15 is 0 Å². The summed E-state index contributed by atoms with van der Waals surface area (Å²) in [6.07, 6.45) is 0. The molecule has 5 heteroatoms. The molecule has 1 nitrogen and oxygen atoms in total. The lowest BCUT2D eigenvalue weighted by molar-refractivity contribution is 0.375. The lowest BCUT2D eigenvalue weighted by atomic mass is 10.6. The second-order valence-corrected chi connectivity index (χ2v) is 0.455. The van der Waals surface area contributed by atoms with Gasteiger partial charge >= 0.3 is 0 Å². The van der Waals surface area contributed by atoms with E-state index in [2.05, 4.69) is 12.7 Å². The molecule has 0 unspecified atom stereocenters. The summed E-state index contributed by atoms with van der Waals surface area (Å²) in [5.41, 5.74) is 0. The summed E-state index contributed by atoms with van der Waals surface area (Å²) in [7, 11) is 4.53. The van der Waals surface area contributed by atoms with Crippen molar-refractivity contribution >= 4 is 8.05 Å². The second kappa shape index (κ2) is 40.9. The molecule has 0 saturated heterocycles. The van der Waals surface area contributed by atoms with Crippen LogP contribution in [0.15, 0.2) is 0 Å². The Morgan fingerprint density at radius 1 is 1.29 bits per heavy atom. The summed E-state index contributed by atoms with van der Waals surface area (Å²) < 4.78 is 4.04. The fraction of sp³-hybridized carbons (Fsp3) is 1.00. The summed E-state index contributed by atoms with van der Waals surface area (Å²) in [4.78, 5) is 0. The van der Waals surface area contributed by atoms with Gasteiger partial charge in [0, 0.05) is 6.61 Å². The highest BCUT2D eigenvalue weighted by Crippen LogP contribution is 1.50. The minimum atomic E-state index is 0. The molecule has 0 aliphatic heterocycles. The van der Waals surface area contributed by atoms with Crippen molar-refractivity contribution in [1.82, 2.24) is 0 Å². The van der Waals surface area contributed by atoms with Crippen LogP contribution in [0.3, 0.4) is 0 Å². The fourth-order valence-electron chi connectivity index (χ4n) is 0. The highest BCUT2D eigenvalue weighted by atomic mass is 19.0. The Morgan fingerprint density at radius 3 is 1.43 bits per heavy atom. The van der Waals surface area contributed by atoms with Crippen LogP contribution in [0.2, 0.25) is 0 Å². The van der Waals surface area contributed by atoms with E-state index in [0.717, 1.165) is 0 Å². The first-order chi connectivity index (χ1) is 1.91. The summed E-state index contributed by atoms with van der Waals surface area (Å²) in [5, 5.41) is 0. The van der Waals surface area contributed by atoms with Crippen molar-refractivity contribution < 1.29 is 18.8 Å². The van der Waals surface area contributed by atoms with Gasteiger partial charge in [0.25, 0.3) is 8.05 Å². The smallest absolute Gasteiger partial charge is 0.282 e.